The van der Waals surface area contributed by atoms with Crippen LogP contribution in [0.25, 0.3) is 17.0 Å². The monoisotopic (exact) mass is 637 g/mol. The van der Waals surface area contributed by atoms with Crippen LogP contribution in [0.15, 0.2) is 36.4 Å². The van der Waals surface area contributed by atoms with Gasteiger partial charge in [0.25, 0.3) is 5.91 Å². The summed E-state index contributed by atoms with van der Waals surface area (Å²) < 4.78 is 5.59. The summed E-state index contributed by atoms with van der Waals surface area (Å²) in [6.45, 7) is 10.9. The third-order valence-corrected chi connectivity index (χ3v) is 7.94. The maximum absolute atomic E-state index is 13.7. The number of hydrazine groups is 1. The Morgan fingerprint density at radius 3 is 2.43 bits per heavy atom. The highest BCUT2D eigenvalue weighted by Gasteiger charge is 2.34. The maximum atomic E-state index is 13.7. The van der Waals surface area contributed by atoms with Crippen molar-refractivity contribution < 1.29 is 33.8 Å². The minimum atomic E-state index is -1.06. The normalized spacial score (nSPS) is 17.7. The molecule has 0 radical (unpaired) electrons. The van der Waals surface area contributed by atoms with E-state index in [1.165, 1.54) is 11.9 Å². The third-order valence-electron chi connectivity index (χ3n) is 7.94. The first-order valence-electron chi connectivity index (χ1n) is 16.0. The number of carbonyl (C=O) groups excluding carboxylic acids is 4. The van der Waals surface area contributed by atoms with E-state index in [2.05, 4.69) is 21.0 Å². The number of aryl methyl sites for hydroxylation is 1. The van der Waals surface area contributed by atoms with Gasteiger partial charge in [0.2, 0.25) is 11.8 Å². The second-order valence-electron chi connectivity index (χ2n) is 12.1. The molecule has 250 valence electrons. The quantitative estimate of drug-likeness (QED) is 0.227. The number of fused-ring (bicyclic) bond motifs is 1. The fourth-order valence-corrected chi connectivity index (χ4v) is 5.20. The number of benzene rings is 1. The second kappa shape index (κ2) is 16.8. The molecule has 1 aromatic heterocycles. The molecule has 3 amide bonds. The van der Waals surface area contributed by atoms with Crippen LogP contribution < -0.4 is 16.1 Å². The Balaban J connectivity index is 1.78. The molecule has 1 aromatic carbocycles. The van der Waals surface area contributed by atoms with E-state index < -0.39 is 59.8 Å². The molecule has 5 atom stereocenters. The van der Waals surface area contributed by atoms with E-state index in [9.17, 15) is 29.1 Å². The minimum Gasteiger partial charge on any atom is -0.480 e. The van der Waals surface area contributed by atoms with Crippen LogP contribution >= 0.6 is 0 Å². The van der Waals surface area contributed by atoms with Crippen LogP contribution in [0.4, 0.5) is 0 Å². The van der Waals surface area contributed by atoms with Gasteiger partial charge >= 0.3 is 11.9 Å². The Labute approximate surface area is 270 Å². The number of pyridine rings is 1. The molecular weight excluding hydrogens is 590 g/mol. The summed E-state index contributed by atoms with van der Waals surface area (Å²) in [4.78, 5) is 68.6. The maximum Gasteiger partial charge on any atom is 0.322 e. The molecule has 12 nitrogen and oxygen atoms in total. The number of hydrogen-bond donors (Lipinski definition) is 4. The molecule has 12 heteroatoms. The van der Waals surface area contributed by atoms with Crippen molar-refractivity contribution in [3.63, 3.8) is 0 Å². The summed E-state index contributed by atoms with van der Waals surface area (Å²) in [5, 5.41) is 17.0. The molecular formula is C34H47N5O7. The van der Waals surface area contributed by atoms with E-state index in [1.54, 1.807) is 32.9 Å². The molecule has 5 unspecified atom stereocenters. The van der Waals surface area contributed by atoms with Gasteiger partial charge < -0.3 is 20.5 Å². The van der Waals surface area contributed by atoms with Gasteiger partial charge in [-0.05, 0) is 63.1 Å². The molecule has 0 saturated carbocycles. The van der Waals surface area contributed by atoms with Crippen LogP contribution in [0.3, 0.4) is 0 Å². The number of aliphatic carboxylic acids is 1. The SMILES string of the molecule is CCCC(=O)OC(C)C(C=Cc1ccc2ccc(CC)nc2c1)C(=O)NC(C(=O)NC(C)C(=O)N1CCCC(C(=O)O)N1)C(C)C. The Morgan fingerprint density at radius 1 is 1.07 bits per heavy atom. The van der Waals surface area contributed by atoms with Gasteiger partial charge in [-0.1, -0.05) is 58.0 Å². The predicted molar refractivity (Wildman–Crippen MR) is 174 cm³/mol. The summed E-state index contributed by atoms with van der Waals surface area (Å²) in [5.41, 5.74) is 5.29. The molecule has 1 aliphatic heterocycles. The average Bonchev–Trinajstić information content (AvgIpc) is 3.02. The highest BCUT2D eigenvalue weighted by atomic mass is 16.5. The van der Waals surface area contributed by atoms with Crippen LogP contribution in [0.5, 0.6) is 0 Å². The number of nitrogens with zero attached hydrogens (tertiary/aromatic N) is 2. The summed E-state index contributed by atoms with van der Waals surface area (Å²) >= 11 is 0. The molecule has 4 N–H and O–H groups in total. The molecule has 2 aromatic rings. The first-order chi connectivity index (χ1) is 21.8. The lowest BCUT2D eigenvalue weighted by molar-refractivity contribution is -0.152. The largest absolute Gasteiger partial charge is 0.480 e. The van der Waals surface area contributed by atoms with Gasteiger partial charge in [-0.25, -0.2) is 5.43 Å². The predicted octanol–water partition coefficient (Wildman–Crippen LogP) is 3.38. The summed E-state index contributed by atoms with van der Waals surface area (Å²) in [6, 6.07) is 6.91. The Bertz CT molecular complexity index is 1440. The van der Waals surface area contributed by atoms with Crippen molar-refractivity contribution in [1.82, 2.24) is 26.1 Å². The summed E-state index contributed by atoms with van der Waals surface area (Å²) in [6.07, 6.45) is 5.11. The van der Waals surface area contributed by atoms with Crippen molar-refractivity contribution in [2.24, 2.45) is 11.8 Å². The van der Waals surface area contributed by atoms with E-state index >= 15 is 0 Å². The number of carbonyl (C=O) groups is 5. The van der Waals surface area contributed by atoms with Crippen LogP contribution in [0.2, 0.25) is 0 Å². The lowest BCUT2D eigenvalue weighted by Crippen LogP contribution is -2.61. The molecule has 46 heavy (non-hydrogen) atoms. The number of carboxylic acids is 1. The molecule has 0 bridgehead atoms. The summed E-state index contributed by atoms with van der Waals surface area (Å²) in [5.74, 6) is -4.33. The third kappa shape index (κ3) is 9.84. The average molecular weight is 638 g/mol. The van der Waals surface area contributed by atoms with Crippen LogP contribution in [-0.2, 0) is 35.1 Å². The number of nitrogens with one attached hydrogen (secondary N) is 3. The van der Waals surface area contributed by atoms with Crippen LogP contribution in [0.1, 0.15) is 78.5 Å². The standard InChI is InChI=1S/C34H47N5O7/c1-7-10-29(40)46-22(6)26(17-13-23-12-14-24-15-16-25(8-2)36-28(24)19-23)31(41)37-30(20(3)4)32(42)35-21(5)33(43)39-18-9-11-27(38-39)34(44)45/h12-17,19-22,26-27,30,38H,7-11,18H2,1-6H3,(H,35,42)(H,37,41)(H,44,45). The van der Waals surface area contributed by atoms with E-state index in [1.807, 2.05) is 44.2 Å². The molecule has 1 fully saturated rings. The summed E-state index contributed by atoms with van der Waals surface area (Å²) in [7, 11) is 0. The molecule has 0 spiro atoms. The van der Waals surface area contributed by atoms with Crippen molar-refractivity contribution >= 4 is 46.6 Å². The van der Waals surface area contributed by atoms with E-state index in [-0.39, 0.29) is 12.3 Å². The number of amides is 3. The first kappa shape index (κ1) is 36.2. The first-order valence-corrected chi connectivity index (χ1v) is 16.0. The van der Waals surface area contributed by atoms with Gasteiger partial charge in [-0.2, -0.15) is 0 Å². The second-order valence-corrected chi connectivity index (χ2v) is 12.1. The van der Waals surface area contributed by atoms with Gasteiger partial charge in [-0.15, -0.1) is 0 Å². The van der Waals surface area contributed by atoms with Crippen molar-refractivity contribution in [2.45, 2.75) is 97.9 Å². The van der Waals surface area contributed by atoms with E-state index in [0.29, 0.717) is 25.8 Å². The zero-order chi connectivity index (χ0) is 34.0. The van der Waals surface area contributed by atoms with E-state index in [0.717, 1.165) is 28.6 Å². The van der Waals surface area contributed by atoms with Crippen molar-refractivity contribution in [3.8, 4) is 0 Å². The minimum absolute atomic E-state index is 0.209. The number of carboxylic acid groups (broad SMARTS) is 1. The number of aromatic nitrogens is 1. The van der Waals surface area contributed by atoms with Crippen molar-refractivity contribution in [2.75, 3.05) is 6.54 Å². The fourth-order valence-electron chi connectivity index (χ4n) is 5.20. The zero-order valence-corrected chi connectivity index (χ0v) is 27.5. The Kier molecular flexibility index (Phi) is 13.2. The lowest BCUT2D eigenvalue weighted by atomic mass is 9.97. The van der Waals surface area contributed by atoms with Crippen LogP contribution in [-0.4, -0.2) is 75.5 Å². The number of hydrogen-bond acceptors (Lipinski definition) is 8. The van der Waals surface area contributed by atoms with Gasteiger partial charge in [0.1, 0.15) is 24.2 Å². The highest BCUT2D eigenvalue weighted by Crippen LogP contribution is 2.20. The number of rotatable bonds is 14. The molecule has 3 rings (SSSR count). The number of esters is 1. The Morgan fingerprint density at radius 2 is 1.78 bits per heavy atom. The number of ether oxygens (including phenoxy) is 1. The molecule has 1 aliphatic rings. The van der Waals surface area contributed by atoms with E-state index in [4.69, 9.17) is 4.74 Å². The van der Waals surface area contributed by atoms with Gasteiger partial charge in [0, 0.05) is 24.0 Å². The molecule has 2 heterocycles. The fraction of sp³-hybridized carbons (Fsp3) is 0.529. The molecule has 1 saturated heterocycles. The van der Waals surface area contributed by atoms with Gasteiger partial charge in [0.15, 0.2) is 0 Å². The van der Waals surface area contributed by atoms with Crippen molar-refractivity contribution in [3.05, 3.63) is 47.7 Å². The topological polar surface area (TPSA) is 167 Å². The highest BCUT2D eigenvalue weighted by molar-refractivity contribution is 5.93. The molecule has 0 aliphatic carbocycles. The van der Waals surface area contributed by atoms with Crippen LogP contribution in [0, 0.1) is 11.8 Å². The van der Waals surface area contributed by atoms with Crippen molar-refractivity contribution in [1.29, 1.82) is 0 Å². The van der Waals surface area contributed by atoms with Gasteiger partial charge in [-0.3, -0.25) is 34.0 Å². The van der Waals surface area contributed by atoms with Gasteiger partial charge in [0.05, 0.1) is 11.4 Å². The Hall–Kier alpha value is -4.32. The zero-order valence-electron chi connectivity index (χ0n) is 27.5. The smallest absolute Gasteiger partial charge is 0.322 e. The lowest BCUT2D eigenvalue weighted by Gasteiger charge is -2.34.